The van der Waals surface area contributed by atoms with Crippen molar-refractivity contribution in [1.82, 2.24) is 0 Å². The van der Waals surface area contributed by atoms with Crippen molar-refractivity contribution in [3.05, 3.63) is 36.4 Å². The first-order chi connectivity index (χ1) is 6.86. The maximum Gasteiger partial charge on any atom is 0.242 e. The van der Waals surface area contributed by atoms with E-state index in [0.717, 1.165) is 0 Å². The van der Waals surface area contributed by atoms with Crippen molar-refractivity contribution < 1.29 is 28.6 Å². The number of rotatable bonds is 0. The van der Waals surface area contributed by atoms with Crippen molar-refractivity contribution in [1.29, 1.82) is 0 Å². The molecular weight excluding hydrogens is 299 g/mol. The molecule has 0 atom stereocenters. The first-order valence-corrected chi connectivity index (χ1v) is 4.71. The van der Waals surface area contributed by atoms with Crippen molar-refractivity contribution in [2.75, 3.05) is 12.4 Å². The molecule has 0 aromatic heterocycles. The van der Waals surface area contributed by atoms with Gasteiger partial charge in [-0.1, -0.05) is 24.3 Å². The molecule has 0 amide bonds. The standard InChI is InChI=1S/C12H10N2.HI/c1-14-8-13-10-6-2-4-9-5-3-7-11(14)12(9)10;/h2-8H,1H3;1H. The SMILES string of the molecule is C[N+]1=CNc2cccc3cccc1c23.[I-]. The lowest BCUT2D eigenvalue weighted by atomic mass is 10.1. The van der Waals surface area contributed by atoms with E-state index < -0.39 is 0 Å². The third kappa shape index (κ3) is 1.51. The Morgan fingerprint density at radius 1 is 1.07 bits per heavy atom. The van der Waals surface area contributed by atoms with Crippen molar-refractivity contribution >= 4 is 28.5 Å². The zero-order chi connectivity index (χ0) is 9.54. The highest BCUT2D eigenvalue weighted by atomic mass is 127. The quantitative estimate of drug-likeness (QED) is 0.516. The maximum atomic E-state index is 3.28. The number of hydrogen-bond donors (Lipinski definition) is 1. The molecule has 0 saturated heterocycles. The number of anilines is 1. The second-order valence-corrected chi connectivity index (χ2v) is 3.57. The predicted octanol–water partition coefficient (Wildman–Crippen LogP) is -0.429. The third-order valence-corrected chi connectivity index (χ3v) is 2.68. The van der Waals surface area contributed by atoms with Gasteiger partial charge in [0.2, 0.25) is 6.34 Å². The van der Waals surface area contributed by atoms with E-state index in [1.165, 1.54) is 22.1 Å². The first-order valence-electron chi connectivity index (χ1n) is 4.71. The van der Waals surface area contributed by atoms with Gasteiger partial charge in [0.05, 0.1) is 12.4 Å². The van der Waals surface area contributed by atoms with E-state index in [0.29, 0.717) is 0 Å². The van der Waals surface area contributed by atoms with Crippen LogP contribution in [0.4, 0.5) is 11.4 Å². The Hall–Kier alpha value is -1.10. The molecule has 0 aliphatic carbocycles. The van der Waals surface area contributed by atoms with Crippen molar-refractivity contribution in [2.45, 2.75) is 0 Å². The van der Waals surface area contributed by atoms with Crippen LogP contribution in [0.25, 0.3) is 10.8 Å². The average Bonchev–Trinajstić information content (AvgIpc) is 2.24. The molecule has 1 aliphatic rings. The minimum atomic E-state index is 0. The van der Waals surface area contributed by atoms with Gasteiger partial charge >= 0.3 is 0 Å². The van der Waals surface area contributed by atoms with Gasteiger partial charge in [-0.15, -0.1) is 0 Å². The summed E-state index contributed by atoms with van der Waals surface area (Å²) >= 11 is 0. The molecule has 0 fully saturated rings. The average molecular weight is 310 g/mol. The van der Waals surface area contributed by atoms with E-state index >= 15 is 0 Å². The summed E-state index contributed by atoms with van der Waals surface area (Å²) in [6, 6.07) is 12.7. The molecule has 0 unspecified atom stereocenters. The zero-order valence-corrected chi connectivity index (χ0v) is 10.5. The summed E-state index contributed by atoms with van der Waals surface area (Å²) in [7, 11) is 2.05. The fourth-order valence-corrected chi connectivity index (χ4v) is 1.97. The highest BCUT2D eigenvalue weighted by Gasteiger charge is 2.15. The molecule has 2 aromatic carbocycles. The Labute approximate surface area is 106 Å². The van der Waals surface area contributed by atoms with Crippen LogP contribution in [0.15, 0.2) is 36.4 Å². The van der Waals surface area contributed by atoms with Crippen molar-refractivity contribution in [3.63, 3.8) is 0 Å². The van der Waals surface area contributed by atoms with Crippen LogP contribution in [0.5, 0.6) is 0 Å². The topological polar surface area (TPSA) is 15.0 Å². The first kappa shape index (κ1) is 10.4. The molecule has 1 heterocycles. The Balaban J connectivity index is 0.000000853. The summed E-state index contributed by atoms with van der Waals surface area (Å²) in [5.74, 6) is 0. The van der Waals surface area contributed by atoms with Crippen molar-refractivity contribution in [2.24, 2.45) is 0 Å². The maximum absolute atomic E-state index is 3.28. The summed E-state index contributed by atoms with van der Waals surface area (Å²) in [4.78, 5) is 0. The predicted molar refractivity (Wildman–Crippen MR) is 59.5 cm³/mol. The molecule has 3 rings (SSSR count). The lowest BCUT2D eigenvalue weighted by molar-refractivity contribution is -0.398. The van der Waals surface area contributed by atoms with Gasteiger partial charge in [-0.05, 0) is 17.5 Å². The second-order valence-electron chi connectivity index (χ2n) is 3.57. The highest BCUT2D eigenvalue weighted by Crippen LogP contribution is 2.33. The van der Waals surface area contributed by atoms with Crippen LogP contribution >= 0.6 is 0 Å². The molecule has 0 saturated carbocycles. The number of nitrogens with zero attached hydrogens (tertiary/aromatic N) is 1. The molecule has 1 aliphatic heterocycles. The Bertz CT molecular complexity index is 541. The van der Waals surface area contributed by atoms with Gasteiger partial charge in [-0.25, -0.2) is 9.89 Å². The van der Waals surface area contributed by atoms with Gasteiger partial charge in [0.1, 0.15) is 11.4 Å². The van der Waals surface area contributed by atoms with Crippen molar-refractivity contribution in [3.8, 4) is 0 Å². The molecule has 0 radical (unpaired) electrons. The summed E-state index contributed by atoms with van der Waals surface area (Å²) in [6.45, 7) is 0. The van der Waals surface area contributed by atoms with E-state index in [1.807, 2.05) is 6.34 Å². The van der Waals surface area contributed by atoms with Gasteiger partial charge in [-0.2, -0.15) is 0 Å². The number of hydrogen-bond acceptors (Lipinski definition) is 1. The van der Waals surface area contributed by atoms with Crippen LogP contribution in [0.2, 0.25) is 0 Å². The molecule has 76 valence electrons. The fourth-order valence-electron chi connectivity index (χ4n) is 1.97. The van der Waals surface area contributed by atoms with Gasteiger partial charge < -0.3 is 24.0 Å². The van der Waals surface area contributed by atoms with Gasteiger partial charge in [0.15, 0.2) is 0 Å². The molecule has 15 heavy (non-hydrogen) atoms. The summed E-state index contributed by atoms with van der Waals surface area (Å²) in [5, 5.41) is 5.87. The minimum Gasteiger partial charge on any atom is -1.00 e. The number of halogens is 1. The van der Waals surface area contributed by atoms with E-state index in [4.69, 9.17) is 0 Å². The molecule has 0 bridgehead atoms. The molecular formula is C12H11IN2. The van der Waals surface area contributed by atoms with E-state index in [2.05, 4.69) is 53.3 Å². The van der Waals surface area contributed by atoms with E-state index in [-0.39, 0.29) is 24.0 Å². The Kier molecular flexibility index (Phi) is 2.65. The Morgan fingerprint density at radius 3 is 2.60 bits per heavy atom. The molecule has 0 spiro atoms. The lowest BCUT2D eigenvalue weighted by Gasteiger charge is -2.12. The van der Waals surface area contributed by atoms with E-state index in [1.54, 1.807) is 0 Å². The van der Waals surface area contributed by atoms with Crippen LogP contribution in [0.3, 0.4) is 0 Å². The normalized spacial score (nSPS) is 12.7. The monoisotopic (exact) mass is 310 g/mol. The third-order valence-electron chi connectivity index (χ3n) is 2.68. The van der Waals surface area contributed by atoms with E-state index in [9.17, 15) is 0 Å². The smallest absolute Gasteiger partial charge is 0.242 e. The number of benzene rings is 2. The van der Waals surface area contributed by atoms with Crippen LogP contribution in [0, 0.1) is 0 Å². The molecule has 2 nitrogen and oxygen atoms in total. The summed E-state index contributed by atoms with van der Waals surface area (Å²) in [5.41, 5.74) is 2.45. The molecule has 3 heteroatoms. The van der Waals surface area contributed by atoms with Crippen LogP contribution in [0.1, 0.15) is 0 Å². The fraction of sp³-hybridized carbons (Fsp3) is 0.0833. The van der Waals surface area contributed by atoms with Gasteiger partial charge in [0.25, 0.3) is 0 Å². The molecule has 2 aromatic rings. The summed E-state index contributed by atoms with van der Waals surface area (Å²) < 4.78 is 2.11. The second kappa shape index (κ2) is 3.81. The Morgan fingerprint density at radius 2 is 1.80 bits per heavy atom. The zero-order valence-electron chi connectivity index (χ0n) is 8.37. The lowest BCUT2D eigenvalue weighted by Crippen LogP contribution is -3.00. The van der Waals surface area contributed by atoms with Crippen LogP contribution in [-0.4, -0.2) is 18.0 Å². The molecule has 1 N–H and O–H groups in total. The number of nitrogens with one attached hydrogen (secondary N) is 1. The summed E-state index contributed by atoms with van der Waals surface area (Å²) in [6.07, 6.45) is 1.98. The minimum absolute atomic E-state index is 0. The van der Waals surface area contributed by atoms with Gasteiger partial charge in [0, 0.05) is 0 Å². The van der Waals surface area contributed by atoms with Crippen LogP contribution < -0.4 is 29.3 Å². The largest absolute Gasteiger partial charge is 1.00 e. The highest BCUT2D eigenvalue weighted by molar-refractivity contribution is 6.05. The van der Waals surface area contributed by atoms with Crippen LogP contribution in [-0.2, 0) is 0 Å². The van der Waals surface area contributed by atoms with Gasteiger partial charge in [-0.3, -0.25) is 0 Å².